The van der Waals surface area contributed by atoms with E-state index in [0.717, 1.165) is 12.0 Å². The summed E-state index contributed by atoms with van der Waals surface area (Å²) in [7, 11) is 0. The molecule has 0 aliphatic carbocycles. The number of hydrogen-bond acceptors (Lipinski definition) is 2. The Balaban J connectivity index is 2.64. The van der Waals surface area contributed by atoms with E-state index >= 15 is 0 Å². The summed E-state index contributed by atoms with van der Waals surface area (Å²) in [5, 5.41) is 5.58. The number of carbonyl (C=O) groups is 1. The standard InChI is InChI=1S/C13H16N2O/c1-3-4-10-15(12(2)16)14-11-13-8-6-5-7-9-13/h3,5-9,11H,1,4,10H2,2H3. The maximum absolute atomic E-state index is 11.2. The summed E-state index contributed by atoms with van der Waals surface area (Å²) in [6.07, 6.45) is 4.20. The molecule has 0 bridgehead atoms. The number of amides is 1. The third-order valence-corrected chi connectivity index (χ3v) is 2.05. The highest BCUT2D eigenvalue weighted by molar-refractivity contribution is 5.81. The first-order chi connectivity index (χ1) is 7.74. The van der Waals surface area contributed by atoms with Crippen LogP contribution in [-0.2, 0) is 4.79 Å². The summed E-state index contributed by atoms with van der Waals surface area (Å²) in [6, 6.07) is 9.69. The van der Waals surface area contributed by atoms with E-state index in [1.165, 1.54) is 11.9 Å². The molecule has 1 rings (SSSR count). The van der Waals surface area contributed by atoms with E-state index in [2.05, 4.69) is 11.7 Å². The molecule has 1 aromatic carbocycles. The van der Waals surface area contributed by atoms with Crippen LogP contribution in [0.4, 0.5) is 0 Å². The Labute approximate surface area is 96.1 Å². The van der Waals surface area contributed by atoms with Crippen LogP contribution < -0.4 is 0 Å². The molecule has 0 fully saturated rings. The highest BCUT2D eigenvalue weighted by Crippen LogP contribution is 1.98. The van der Waals surface area contributed by atoms with Gasteiger partial charge in [-0.2, -0.15) is 5.10 Å². The van der Waals surface area contributed by atoms with Crippen molar-refractivity contribution in [1.29, 1.82) is 0 Å². The van der Waals surface area contributed by atoms with Gasteiger partial charge in [-0.15, -0.1) is 6.58 Å². The van der Waals surface area contributed by atoms with Gasteiger partial charge in [0.1, 0.15) is 0 Å². The maximum atomic E-state index is 11.2. The summed E-state index contributed by atoms with van der Waals surface area (Å²) in [5.74, 6) is -0.0611. The fourth-order valence-electron chi connectivity index (χ4n) is 1.19. The Hall–Kier alpha value is -1.90. The van der Waals surface area contributed by atoms with Crippen LogP contribution in [0.2, 0.25) is 0 Å². The molecule has 0 aliphatic heterocycles. The van der Waals surface area contributed by atoms with Crippen LogP contribution in [0.5, 0.6) is 0 Å². The smallest absolute Gasteiger partial charge is 0.239 e. The lowest BCUT2D eigenvalue weighted by Gasteiger charge is -2.13. The minimum Gasteiger partial charge on any atom is -0.273 e. The SMILES string of the molecule is C=CCCN(N=Cc1ccccc1)C(C)=O. The molecule has 0 aromatic heterocycles. The monoisotopic (exact) mass is 216 g/mol. The zero-order chi connectivity index (χ0) is 11.8. The summed E-state index contributed by atoms with van der Waals surface area (Å²) in [5.41, 5.74) is 0.979. The Morgan fingerprint density at radius 1 is 1.44 bits per heavy atom. The van der Waals surface area contributed by atoms with E-state index in [4.69, 9.17) is 0 Å². The second-order valence-corrected chi connectivity index (χ2v) is 3.37. The van der Waals surface area contributed by atoms with Crippen LogP contribution in [-0.4, -0.2) is 23.7 Å². The molecule has 0 spiro atoms. The Morgan fingerprint density at radius 3 is 2.69 bits per heavy atom. The third kappa shape index (κ3) is 4.09. The van der Waals surface area contributed by atoms with Gasteiger partial charge in [0, 0.05) is 13.5 Å². The van der Waals surface area contributed by atoms with E-state index in [-0.39, 0.29) is 5.91 Å². The molecule has 3 heteroatoms. The van der Waals surface area contributed by atoms with Gasteiger partial charge in [-0.05, 0) is 12.0 Å². The second kappa shape index (κ2) is 6.56. The summed E-state index contributed by atoms with van der Waals surface area (Å²) >= 11 is 0. The average molecular weight is 216 g/mol. The van der Waals surface area contributed by atoms with Gasteiger partial charge in [-0.1, -0.05) is 36.4 Å². The van der Waals surface area contributed by atoms with Gasteiger partial charge in [0.15, 0.2) is 0 Å². The lowest BCUT2D eigenvalue weighted by molar-refractivity contribution is -0.128. The minimum absolute atomic E-state index is 0.0611. The number of nitrogens with zero attached hydrogens (tertiary/aromatic N) is 2. The number of rotatable bonds is 5. The van der Waals surface area contributed by atoms with Crippen molar-refractivity contribution < 1.29 is 4.79 Å². The summed E-state index contributed by atoms with van der Waals surface area (Å²) in [4.78, 5) is 11.2. The van der Waals surface area contributed by atoms with Gasteiger partial charge >= 0.3 is 0 Å². The van der Waals surface area contributed by atoms with Gasteiger partial charge in [-0.3, -0.25) is 4.79 Å². The highest BCUT2D eigenvalue weighted by Gasteiger charge is 2.03. The molecule has 0 radical (unpaired) electrons. The Bertz CT molecular complexity index is 371. The number of carbonyl (C=O) groups excluding carboxylic acids is 1. The fourth-order valence-corrected chi connectivity index (χ4v) is 1.19. The van der Waals surface area contributed by atoms with E-state index in [9.17, 15) is 4.79 Å². The predicted octanol–water partition coefficient (Wildman–Crippen LogP) is 2.45. The van der Waals surface area contributed by atoms with Crippen molar-refractivity contribution in [3.8, 4) is 0 Å². The molecule has 0 saturated carbocycles. The summed E-state index contributed by atoms with van der Waals surface area (Å²) < 4.78 is 0. The van der Waals surface area contributed by atoms with E-state index in [0.29, 0.717) is 6.54 Å². The van der Waals surface area contributed by atoms with Crippen LogP contribution in [0.3, 0.4) is 0 Å². The molecule has 0 heterocycles. The molecule has 0 unspecified atom stereocenters. The van der Waals surface area contributed by atoms with Gasteiger partial charge in [-0.25, -0.2) is 5.01 Å². The number of hydrazone groups is 1. The quantitative estimate of drug-likeness (QED) is 0.422. The van der Waals surface area contributed by atoms with Crippen molar-refractivity contribution in [2.45, 2.75) is 13.3 Å². The molecule has 0 saturated heterocycles. The molecule has 1 amide bonds. The molecular weight excluding hydrogens is 200 g/mol. The number of benzene rings is 1. The first kappa shape index (κ1) is 12.2. The normalized spacial score (nSPS) is 10.3. The molecule has 16 heavy (non-hydrogen) atoms. The first-order valence-corrected chi connectivity index (χ1v) is 5.22. The number of hydrogen-bond donors (Lipinski definition) is 0. The highest BCUT2D eigenvalue weighted by atomic mass is 16.2. The van der Waals surface area contributed by atoms with Gasteiger partial charge in [0.25, 0.3) is 0 Å². The van der Waals surface area contributed by atoms with Crippen LogP contribution in [0, 0.1) is 0 Å². The summed E-state index contributed by atoms with van der Waals surface area (Å²) in [6.45, 7) is 5.70. The lowest BCUT2D eigenvalue weighted by atomic mass is 10.2. The van der Waals surface area contributed by atoms with Crippen molar-refractivity contribution in [3.05, 3.63) is 48.6 Å². The zero-order valence-electron chi connectivity index (χ0n) is 9.47. The third-order valence-electron chi connectivity index (χ3n) is 2.05. The molecule has 1 aromatic rings. The van der Waals surface area contributed by atoms with Crippen LogP contribution in [0.25, 0.3) is 0 Å². The average Bonchev–Trinajstić information content (AvgIpc) is 2.30. The Morgan fingerprint density at radius 2 is 2.12 bits per heavy atom. The van der Waals surface area contributed by atoms with Gasteiger partial charge in [0.05, 0.1) is 6.21 Å². The van der Waals surface area contributed by atoms with E-state index < -0.39 is 0 Å². The topological polar surface area (TPSA) is 32.7 Å². The van der Waals surface area contributed by atoms with Gasteiger partial charge in [0.2, 0.25) is 5.91 Å². The van der Waals surface area contributed by atoms with Crippen molar-refractivity contribution >= 4 is 12.1 Å². The largest absolute Gasteiger partial charge is 0.273 e. The fraction of sp³-hybridized carbons (Fsp3) is 0.231. The molecule has 84 valence electrons. The predicted molar refractivity (Wildman–Crippen MR) is 66.2 cm³/mol. The molecule has 0 atom stereocenters. The van der Waals surface area contributed by atoms with E-state index in [1.54, 1.807) is 12.3 Å². The maximum Gasteiger partial charge on any atom is 0.239 e. The van der Waals surface area contributed by atoms with Crippen LogP contribution in [0.15, 0.2) is 48.1 Å². The van der Waals surface area contributed by atoms with Crippen molar-refractivity contribution in [1.82, 2.24) is 5.01 Å². The second-order valence-electron chi connectivity index (χ2n) is 3.37. The van der Waals surface area contributed by atoms with Crippen LogP contribution in [0.1, 0.15) is 18.9 Å². The Kier molecular flexibility index (Phi) is 4.99. The molecule has 3 nitrogen and oxygen atoms in total. The minimum atomic E-state index is -0.0611. The molecular formula is C13H16N2O. The zero-order valence-corrected chi connectivity index (χ0v) is 9.47. The van der Waals surface area contributed by atoms with E-state index in [1.807, 2.05) is 30.3 Å². The lowest BCUT2D eigenvalue weighted by Crippen LogP contribution is -2.24. The van der Waals surface area contributed by atoms with Gasteiger partial charge < -0.3 is 0 Å². The first-order valence-electron chi connectivity index (χ1n) is 5.22. The van der Waals surface area contributed by atoms with Crippen molar-refractivity contribution in [3.63, 3.8) is 0 Å². The van der Waals surface area contributed by atoms with Crippen molar-refractivity contribution in [2.75, 3.05) is 6.54 Å². The van der Waals surface area contributed by atoms with Crippen LogP contribution >= 0.6 is 0 Å². The van der Waals surface area contributed by atoms with Crippen molar-refractivity contribution in [2.24, 2.45) is 5.10 Å². The molecule has 0 aliphatic rings. The molecule has 0 N–H and O–H groups in total.